The number of hydrogen-bond acceptors (Lipinski definition) is 9. The molecule has 0 aliphatic carbocycles. The Hall–Kier alpha value is -3.61. The van der Waals surface area contributed by atoms with E-state index in [9.17, 15) is 14.9 Å². The molecule has 0 unspecified atom stereocenters. The summed E-state index contributed by atoms with van der Waals surface area (Å²) in [6.07, 6.45) is -0.133. The molecule has 0 fully saturated rings. The Kier molecular flexibility index (Phi) is 4.59. The second kappa shape index (κ2) is 6.36. The van der Waals surface area contributed by atoms with Gasteiger partial charge in [0.1, 0.15) is 6.33 Å². The molecule has 0 aliphatic heterocycles. The van der Waals surface area contributed by atoms with Crippen LogP contribution in [0.15, 0.2) is 11.4 Å². The number of aryl methyl sites for hydroxylation is 1. The van der Waals surface area contributed by atoms with Crippen molar-refractivity contribution in [1.82, 2.24) is 35.0 Å². The second-order valence-electron chi connectivity index (χ2n) is 2.84. The molecule has 104 valence electrons. The molecule has 15 heteroatoms. The quantitative estimate of drug-likeness (QED) is 0.194. The first-order chi connectivity index (χ1) is 9.45. The molecule has 2 aromatic rings. The van der Waals surface area contributed by atoms with Crippen LogP contribution in [0.5, 0.6) is 0 Å². The monoisotopic (exact) mass is 283 g/mol. The molecule has 0 bridgehead atoms. The van der Waals surface area contributed by atoms with E-state index in [1.807, 2.05) is 0 Å². The van der Waals surface area contributed by atoms with Gasteiger partial charge in [-0.15, -0.1) is 5.10 Å². The van der Waals surface area contributed by atoms with Crippen molar-refractivity contribution in [2.45, 2.75) is 0 Å². The Bertz CT molecular complexity index is 637. The molecule has 0 atom stereocenters. The van der Waals surface area contributed by atoms with Crippen molar-refractivity contribution in [3.8, 4) is 0 Å². The molecular weight excluding hydrogens is 278 g/mol. The highest BCUT2D eigenvalue weighted by Gasteiger charge is 2.23. The van der Waals surface area contributed by atoms with Crippen molar-refractivity contribution in [2.24, 2.45) is 12.2 Å². The van der Waals surface area contributed by atoms with E-state index in [4.69, 9.17) is 10.6 Å². The smallest absolute Gasteiger partial charge is 0.451 e. The number of carboxylic acid groups (broad SMARTS) is 1. The van der Waals surface area contributed by atoms with Gasteiger partial charge < -0.3 is 15.2 Å². The van der Waals surface area contributed by atoms with E-state index in [0.29, 0.717) is 0 Å². The van der Waals surface area contributed by atoms with Gasteiger partial charge in [-0.05, 0) is 20.3 Å². The second-order valence-corrected chi connectivity index (χ2v) is 2.84. The summed E-state index contributed by atoms with van der Waals surface area (Å²) < 4.78 is 1.53. The van der Waals surface area contributed by atoms with Crippen molar-refractivity contribution < 1.29 is 14.8 Å². The predicted molar refractivity (Wildman–Crippen MR) is 57.7 cm³/mol. The molecule has 2 rings (SSSR count). The van der Waals surface area contributed by atoms with Crippen LogP contribution in [0.2, 0.25) is 0 Å². The standard InChI is InChI=1S/C3H4N6.C2HN5O4/c1-9-2-5-3(7-9)6-8-4;8-2(9)6-1(7(10)11)3-4-5-6/h2H,1H3;(H,8,9). The highest BCUT2D eigenvalue weighted by atomic mass is 16.6. The number of nitrogens with zero attached hydrogens (tertiary/aromatic N) is 11. The van der Waals surface area contributed by atoms with Crippen LogP contribution >= 0.6 is 0 Å². The summed E-state index contributed by atoms with van der Waals surface area (Å²) in [6, 6.07) is 0. The number of azide groups is 1. The molecule has 2 heterocycles. The topological polar surface area (TPSA) is 204 Å². The molecule has 1 N–H and O–H groups in total. The maximum Gasteiger partial charge on any atom is 0.502 e. The normalized spacial score (nSPS) is 9.05. The Morgan fingerprint density at radius 3 is 2.75 bits per heavy atom. The van der Waals surface area contributed by atoms with E-state index < -0.39 is 17.0 Å². The average molecular weight is 283 g/mol. The largest absolute Gasteiger partial charge is 0.502 e. The molecule has 0 saturated heterocycles. The molecule has 0 spiro atoms. The Morgan fingerprint density at radius 1 is 1.65 bits per heavy atom. The highest BCUT2D eigenvalue weighted by Crippen LogP contribution is 2.00. The van der Waals surface area contributed by atoms with Crippen LogP contribution in [-0.2, 0) is 7.05 Å². The van der Waals surface area contributed by atoms with E-state index in [1.54, 1.807) is 7.05 Å². The minimum absolute atomic E-state index is 0.0694. The third-order valence-corrected chi connectivity index (χ3v) is 1.52. The summed E-state index contributed by atoms with van der Waals surface area (Å²) >= 11 is 0. The SMILES string of the molecule is Cn1cnc(N=[N+]=[N-])n1.O=C(O)n1nnnc1[N+](=O)[O-]. The number of rotatable bonds is 2. The van der Waals surface area contributed by atoms with Gasteiger partial charge in [0.2, 0.25) is 5.95 Å². The minimum atomic E-state index is -1.60. The highest BCUT2D eigenvalue weighted by molar-refractivity contribution is 5.68. The summed E-state index contributed by atoms with van der Waals surface area (Å²) in [4.78, 5) is 25.2. The van der Waals surface area contributed by atoms with Crippen LogP contribution in [0.3, 0.4) is 0 Å². The van der Waals surface area contributed by atoms with Gasteiger partial charge in [-0.2, -0.15) is 0 Å². The van der Waals surface area contributed by atoms with Gasteiger partial charge in [0.15, 0.2) is 0 Å². The third-order valence-electron chi connectivity index (χ3n) is 1.52. The van der Waals surface area contributed by atoms with Crippen LogP contribution in [-0.4, -0.2) is 51.1 Å². The predicted octanol–water partition coefficient (Wildman–Crippen LogP) is -0.136. The lowest BCUT2D eigenvalue weighted by molar-refractivity contribution is -0.396. The van der Waals surface area contributed by atoms with Crippen molar-refractivity contribution in [3.05, 3.63) is 26.9 Å². The van der Waals surface area contributed by atoms with E-state index in [-0.39, 0.29) is 10.6 Å². The fourth-order valence-corrected chi connectivity index (χ4v) is 0.834. The van der Waals surface area contributed by atoms with Gasteiger partial charge in [0, 0.05) is 17.2 Å². The van der Waals surface area contributed by atoms with Crippen LogP contribution < -0.4 is 0 Å². The summed E-state index contributed by atoms with van der Waals surface area (Å²) in [6.45, 7) is 0. The summed E-state index contributed by atoms with van der Waals surface area (Å²) in [7, 11) is 1.70. The molecule has 0 aromatic carbocycles. The number of hydrogen-bond donors (Lipinski definition) is 1. The van der Waals surface area contributed by atoms with Gasteiger partial charge in [-0.1, -0.05) is 0 Å². The molecule has 2 aromatic heterocycles. The zero-order valence-corrected chi connectivity index (χ0v) is 9.67. The maximum absolute atomic E-state index is 10.1. The molecule has 15 nitrogen and oxygen atoms in total. The number of carbonyl (C=O) groups is 1. The molecule has 0 aliphatic rings. The summed E-state index contributed by atoms with van der Waals surface area (Å²) in [5, 5.41) is 33.6. The van der Waals surface area contributed by atoms with Crippen molar-refractivity contribution >= 4 is 18.0 Å². The Morgan fingerprint density at radius 2 is 2.35 bits per heavy atom. The zero-order chi connectivity index (χ0) is 15.1. The first kappa shape index (κ1) is 14.5. The number of aromatic nitrogens is 7. The van der Waals surface area contributed by atoms with Crippen molar-refractivity contribution in [2.75, 3.05) is 0 Å². The van der Waals surface area contributed by atoms with Gasteiger partial charge in [0.25, 0.3) is 0 Å². The van der Waals surface area contributed by atoms with E-state index in [2.05, 4.69) is 35.6 Å². The first-order valence-electron chi connectivity index (χ1n) is 4.52. The lowest BCUT2D eigenvalue weighted by atomic mass is 11.0. The molecule has 20 heavy (non-hydrogen) atoms. The molecular formula is C5H5N11O4. The van der Waals surface area contributed by atoms with Gasteiger partial charge in [0.05, 0.1) is 10.3 Å². The average Bonchev–Trinajstić information content (AvgIpc) is 2.99. The molecule has 0 saturated carbocycles. The van der Waals surface area contributed by atoms with E-state index in [0.717, 1.165) is 0 Å². The van der Waals surface area contributed by atoms with E-state index in [1.165, 1.54) is 11.0 Å². The summed E-state index contributed by atoms with van der Waals surface area (Å²) in [5.41, 5.74) is 7.90. The van der Waals surface area contributed by atoms with Gasteiger partial charge in [-0.3, -0.25) is 4.68 Å². The van der Waals surface area contributed by atoms with E-state index >= 15 is 0 Å². The van der Waals surface area contributed by atoms with Gasteiger partial charge in [-0.25, -0.2) is 9.78 Å². The lowest BCUT2D eigenvalue weighted by Crippen LogP contribution is -2.12. The first-order valence-corrected chi connectivity index (χ1v) is 4.52. The number of tetrazole rings is 1. The van der Waals surface area contributed by atoms with Crippen LogP contribution in [0.4, 0.5) is 16.7 Å². The van der Waals surface area contributed by atoms with Crippen LogP contribution in [0, 0.1) is 10.1 Å². The van der Waals surface area contributed by atoms with Crippen molar-refractivity contribution in [1.29, 1.82) is 0 Å². The Labute approximate surface area is 108 Å². The molecule has 0 radical (unpaired) electrons. The Balaban J connectivity index is 0.000000204. The minimum Gasteiger partial charge on any atom is -0.451 e. The fraction of sp³-hybridized carbons (Fsp3) is 0.200. The van der Waals surface area contributed by atoms with Crippen LogP contribution in [0.1, 0.15) is 0 Å². The third kappa shape index (κ3) is 3.70. The fourth-order valence-electron chi connectivity index (χ4n) is 0.834. The number of nitro groups is 1. The molecule has 0 amide bonds. The van der Waals surface area contributed by atoms with Crippen LogP contribution in [0.25, 0.3) is 10.4 Å². The maximum atomic E-state index is 10.1. The van der Waals surface area contributed by atoms with Crippen molar-refractivity contribution in [3.63, 3.8) is 0 Å². The zero-order valence-electron chi connectivity index (χ0n) is 9.67. The lowest BCUT2D eigenvalue weighted by Gasteiger charge is -1.88. The van der Waals surface area contributed by atoms with Gasteiger partial charge >= 0.3 is 12.0 Å². The summed E-state index contributed by atoms with van der Waals surface area (Å²) in [5.74, 6) is -0.766.